The van der Waals surface area contributed by atoms with Crippen molar-refractivity contribution in [1.29, 1.82) is 0 Å². The number of thiol groups is 1. The van der Waals surface area contributed by atoms with E-state index >= 15 is 0 Å². The van der Waals surface area contributed by atoms with E-state index in [2.05, 4.69) is 11.7 Å². The molecule has 1 rings (SSSR count). The number of carbonyl (C=O) groups excluding carboxylic acids is 1. The Kier molecular flexibility index (Phi) is 2.24. The summed E-state index contributed by atoms with van der Waals surface area (Å²) in [6.07, 6.45) is 1.46. The monoisotopic (exact) mass is 160 g/mol. The summed E-state index contributed by atoms with van der Waals surface area (Å²) in [5.74, 6) is 0.343. The van der Waals surface area contributed by atoms with Gasteiger partial charge < -0.3 is 4.42 Å². The Balaban J connectivity index is 2.77. The lowest BCUT2D eigenvalue weighted by molar-refractivity contribution is 0.106. The summed E-state index contributed by atoms with van der Waals surface area (Å²) in [5, 5.41) is -0.164. The van der Waals surface area contributed by atoms with Gasteiger partial charge >= 0.3 is 0 Å². The maximum atomic E-state index is 10.7. The summed E-state index contributed by atoms with van der Waals surface area (Å²) in [4.78, 5) is 10.7. The number of hydrogen-bond acceptors (Lipinski definition) is 4. The molecule has 1 aromatic heterocycles. The Morgan fingerprint density at radius 2 is 2.56 bits per heavy atom. The normalized spacial score (nSPS) is 9.44. The molecule has 0 bridgehead atoms. The minimum absolute atomic E-state index is 0.164. The van der Waals surface area contributed by atoms with Crippen LogP contribution in [0.15, 0.2) is 22.8 Å². The third-order valence-electron chi connectivity index (χ3n) is 0.805. The van der Waals surface area contributed by atoms with Gasteiger partial charge in [0.1, 0.15) is 0 Å². The Morgan fingerprint density at radius 1 is 1.78 bits per heavy atom. The second-order valence-electron chi connectivity index (χ2n) is 1.36. The molecule has 1 heterocycles. The van der Waals surface area contributed by atoms with Crippen LogP contribution in [-0.2, 0) is 0 Å². The summed E-state index contributed by atoms with van der Waals surface area (Å²) in [5.41, 5.74) is 0. The lowest BCUT2D eigenvalue weighted by Crippen LogP contribution is -1.84. The van der Waals surface area contributed by atoms with Crippen LogP contribution in [0.1, 0.15) is 10.6 Å². The van der Waals surface area contributed by atoms with Gasteiger partial charge in [0.2, 0.25) is 0 Å². The quantitative estimate of drug-likeness (QED) is 0.503. The average Bonchev–Trinajstić information content (AvgIpc) is 2.37. The van der Waals surface area contributed by atoms with Crippen LogP contribution in [0.25, 0.3) is 0 Å². The average molecular weight is 160 g/mol. The van der Waals surface area contributed by atoms with E-state index in [4.69, 9.17) is 4.42 Å². The highest BCUT2D eigenvalue weighted by Crippen LogP contribution is 2.14. The van der Waals surface area contributed by atoms with Gasteiger partial charge in [-0.05, 0) is 22.9 Å². The Hall–Kier alpha value is -0.350. The molecule has 0 atom stereocenters. The van der Waals surface area contributed by atoms with E-state index in [0.717, 1.165) is 10.8 Å². The van der Waals surface area contributed by atoms with Gasteiger partial charge in [-0.2, -0.15) is 0 Å². The highest BCUT2D eigenvalue weighted by atomic mass is 33.1. The van der Waals surface area contributed by atoms with E-state index < -0.39 is 0 Å². The van der Waals surface area contributed by atoms with E-state index in [0.29, 0.717) is 5.76 Å². The topological polar surface area (TPSA) is 30.2 Å². The van der Waals surface area contributed by atoms with E-state index in [1.165, 1.54) is 6.26 Å². The number of rotatable bonds is 1. The van der Waals surface area contributed by atoms with Gasteiger partial charge in [0, 0.05) is 0 Å². The van der Waals surface area contributed by atoms with Crippen molar-refractivity contribution < 1.29 is 9.21 Å². The third kappa shape index (κ3) is 1.53. The van der Waals surface area contributed by atoms with Gasteiger partial charge in [-0.25, -0.2) is 0 Å². The zero-order chi connectivity index (χ0) is 6.69. The summed E-state index contributed by atoms with van der Waals surface area (Å²) in [6, 6.07) is 3.27. The van der Waals surface area contributed by atoms with Gasteiger partial charge in [-0.3, -0.25) is 4.79 Å². The minimum Gasteiger partial charge on any atom is -0.460 e. The third-order valence-corrected chi connectivity index (χ3v) is 1.67. The fourth-order valence-corrected chi connectivity index (χ4v) is 0.916. The summed E-state index contributed by atoms with van der Waals surface area (Å²) in [7, 11) is 0.844. The number of hydrogen-bond donors (Lipinski definition) is 1. The molecule has 0 N–H and O–H groups in total. The SMILES string of the molecule is O=C(SS)c1ccco1. The fourth-order valence-electron chi connectivity index (χ4n) is 0.440. The molecule has 0 saturated carbocycles. The largest absolute Gasteiger partial charge is 0.460 e. The summed E-state index contributed by atoms with van der Waals surface area (Å²) < 4.78 is 4.77. The van der Waals surface area contributed by atoms with Crippen LogP contribution in [0, 0.1) is 0 Å². The van der Waals surface area contributed by atoms with Crippen LogP contribution in [-0.4, -0.2) is 5.12 Å². The van der Waals surface area contributed by atoms with Gasteiger partial charge in [-0.1, -0.05) is 0 Å². The minimum atomic E-state index is -0.164. The Bertz CT molecular complexity index is 193. The first kappa shape index (κ1) is 6.77. The van der Waals surface area contributed by atoms with Crippen molar-refractivity contribution in [2.45, 2.75) is 0 Å². The zero-order valence-electron chi connectivity index (χ0n) is 4.40. The molecule has 9 heavy (non-hydrogen) atoms. The van der Waals surface area contributed by atoms with Crippen molar-refractivity contribution >= 4 is 27.6 Å². The maximum absolute atomic E-state index is 10.7. The summed E-state index contributed by atoms with van der Waals surface area (Å²) in [6.45, 7) is 0. The molecule has 0 saturated heterocycles. The lowest BCUT2D eigenvalue weighted by atomic mass is 10.5. The molecular formula is C5H4O2S2. The van der Waals surface area contributed by atoms with Crippen molar-refractivity contribution in [2.75, 3.05) is 0 Å². The molecule has 0 fully saturated rings. The molecule has 0 aliphatic rings. The molecule has 4 heteroatoms. The molecule has 0 spiro atoms. The van der Waals surface area contributed by atoms with Crippen molar-refractivity contribution in [3.63, 3.8) is 0 Å². The predicted octanol–water partition coefficient (Wildman–Crippen LogP) is 2.00. The fraction of sp³-hybridized carbons (Fsp3) is 0. The molecule has 2 nitrogen and oxygen atoms in total. The van der Waals surface area contributed by atoms with Crippen molar-refractivity contribution in [3.05, 3.63) is 24.2 Å². The van der Waals surface area contributed by atoms with Gasteiger partial charge in [0.05, 0.1) is 6.26 Å². The van der Waals surface area contributed by atoms with Gasteiger partial charge in [-0.15, -0.1) is 11.7 Å². The van der Waals surface area contributed by atoms with E-state index in [-0.39, 0.29) is 5.12 Å². The lowest BCUT2D eigenvalue weighted by Gasteiger charge is -1.84. The maximum Gasteiger partial charge on any atom is 0.264 e. The van der Waals surface area contributed by atoms with Crippen LogP contribution in [0.3, 0.4) is 0 Å². The van der Waals surface area contributed by atoms with Crippen LogP contribution in [0.4, 0.5) is 0 Å². The number of furan rings is 1. The molecule has 0 aromatic carbocycles. The second kappa shape index (κ2) is 2.98. The molecule has 0 aliphatic carbocycles. The molecule has 0 amide bonds. The molecule has 0 radical (unpaired) electrons. The molecule has 1 aromatic rings. The molecule has 0 unspecified atom stereocenters. The predicted molar refractivity (Wildman–Crippen MR) is 39.6 cm³/mol. The Labute approximate surface area is 61.4 Å². The van der Waals surface area contributed by atoms with E-state index in [9.17, 15) is 4.79 Å². The van der Waals surface area contributed by atoms with Crippen LogP contribution >= 0.6 is 22.5 Å². The van der Waals surface area contributed by atoms with Crippen molar-refractivity contribution in [3.8, 4) is 0 Å². The smallest absolute Gasteiger partial charge is 0.264 e. The first-order chi connectivity index (χ1) is 4.34. The van der Waals surface area contributed by atoms with Crippen LogP contribution < -0.4 is 0 Å². The zero-order valence-corrected chi connectivity index (χ0v) is 6.11. The second-order valence-corrected chi connectivity index (χ2v) is 2.46. The van der Waals surface area contributed by atoms with Crippen LogP contribution in [0.2, 0.25) is 0 Å². The highest BCUT2D eigenvalue weighted by molar-refractivity contribution is 8.75. The standard InChI is InChI=1S/C5H4O2S2/c6-5(9-8)4-2-1-3-7-4/h1-3,8H. The first-order valence-corrected chi connectivity index (χ1v) is 4.10. The molecule has 48 valence electrons. The Morgan fingerprint density at radius 3 is 3.00 bits per heavy atom. The number of carbonyl (C=O) groups is 1. The van der Waals surface area contributed by atoms with Gasteiger partial charge in [0.25, 0.3) is 5.12 Å². The highest BCUT2D eigenvalue weighted by Gasteiger charge is 2.05. The van der Waals surface area contributed by atoms with E-state index in [1.807, 2.05) is 0 Å². The van der Waals surface area contributed by atoms with E-state index in [1.54, 1.807) is 12.1 Å². The summed E-state index contributed by atoms with van der Waals surface area (Å²) >= 11 is 3.71. The van der Waals surface area contributed by atoms with Crippen LogP contribution in [0.5, 0.6) is 0 Å². The first-order valence-electron chi connectivity index (χ1n) is 2.24. The molecular weight excluding hydrogens is 156 g/mol. The van der Waals surface area contributed by atoms with Gasteiger partial charge in [0.15, 0.2) is 5.76 Å². The molecule has 0 aliphatic heterocycles. The van der Waals surface area contributed by atoms with Crippen molar-refractivity contribution in [2.24, 2.45) is 0 Å². The van der Waals surface area contributed by atoms with Crippen molar-refractivity contribution in [1.82, 2.24) is 0 Å².